The molecule has 0 radical (unpaired) electrons. The number of nitrogens with one attached hydrogen (secondary N) is 3. The van der Waals surface area contributed by atoms with Crippen LogP contribution in [-0.2, 0) is 0 Å². The van der Waals surface area contributed by atoms with Crippen LogP contribution in [0.15, 0.2) is 70.5 Å². The van der Waals surface area contributed by atoms with Gasteiger partial charge >= 0.3 is 0 Å². The summed E-state index contributed by atoms with van der Waals surface area (Å²) in [6.07, 6.45) is 7.27. The Morgan fingerprint density at radius 2 is 1.55 bits per heavy atom. The molecule has 0 aliphatic heterocycles. The summed E-state index contributed by atoms with van der Waals surface area (Å²) in [5.74, 6) is 0.771. The van der Waals surface area contributed by atoms with Crippen molar-refractivity contribution in [3.8, 4) is 0 Å². The van der Waals surface area contributed by atoms with E-state index in [1.54, 1.807) is 18.5 Å². The first kappa shape index (κ1) is 21.9. The van der Waals surface area contributed by atoms with E-state index < -0.39 is 10.9 Å². The van der Waals surface area contributed by atoms with E-state index in [1.165, 1.54) is 0 Å². The summed E-state index contributed by atoms with van der Waals surface area (Å²) in [4.78, 5) is 36.9. The number of rotatable bonds is 7. The number of hydrogen-bond acceptors (Lipinski definition) is 8. The van der Waals surface area contributed by atoms with Crippen LogP contribution in [0.1, 0.15) is 32.0 Å². The highest BCUT2D eigenvalue weighted by atomic mass is 16.2. The van der Waals surface area contributed by atoms with E-state index in [0.29, 0.717) is 11.8 Å². The van der Waals surface area contributed by atoms with Gasteiger partial charge in [-0.15, -0.1) is 0 Å². The van der Waals surface area contributed by atoms with Gasteiger partial charge in [-0.3, -0.25) is 14.6 Å². The Hall–Kier alpha value is -4.33. The number of pyridine rings is 1. The summed E-state index contributed by atoms with van der Waals surface area (Å²) < 4.78 is 0. The molecule has 2 heterocycles. The summed E-state index contributed by atoms with van der Waals surface area (Å²) in [6.45, 7) is 5.75. The van der Waals surface area contributed by atoms with Crippen molar-refractivity contribution >= 4 is 41.0 Å². The first-order chi connectivity index (χ1) is 15.8. The lowest BCUT2D eigenvalue weighted by Crippen LogP contribution is -2.41. The van der Waals surface area contributed by atoms with Gasteiger partial charge in [0.1, 0.15) is 17.2 Å². The minimum atomic E-state index is -0.566. The SMILES string of the molecule is CC(C)(C)Nc1c(Nc2ccnc(Nc3ccc(C=Cc4ccccn4)cc3)n2)c(=O)c1=O. The van der Waals surface area contributed by atoms with E-state index in [4.69, 9.17) is 0 Å². The molecule has 2 aromatic carbocycles. The van der Waals surface area contributed by atoms with E-state index in [2.05, 4.69) is 30.9 Å². The molecule has 166 valence electrons. The molecular weight excluding hydrogens is 416 g/mol. The molecule has 4 aromatic rings. The smallest absolute Gasteiger partial charge is 0.253 e. The summed E-state index contributed by atoms with van der Waals surface area (Å²) in [7, 11) is 0. The van der Waals surface area contributed by atoms with E-state index >= 15 is 0 Å². The van der Waals surface area contributed by atoms with Crippen LogP contribution >= 0.6 is 0 Å². The van der Waals surface area contributed by atoms with Crippen molar-refractivity contribution in [1.29, 1.82) is 0 Å². The predicted molar refractivity (Wildman–Crippen MR) is 133 cm³/mol. The van der Waals surface area contributed by atoms with E-state index in [-0.39, 0.29) is 16.9 Å². The number of aromatic nitrogens is 3. The largest absolute Gasteiger partial charge is 0.375 e. The quantitative estimate of drug-likeness (QED) is 0.364. The third kappa shape index (κ3) is 5.48. The van der Waals surface area contributed by atoms with Gasteiger partial charge in [0, 0.05) is 23.6 Å². The van der Waals surface area contributed by atoms with Crippen LogP contribution in [0.5, 0.6) is 0 Å². The number of nitrogens with zero attached hydrogens (tertiary/aromatic N) is 3. The molecule has 0 aliphatic carbocycles. The topological polar surface area (TPSA) is 109 Å². The van der Waals surface area contributed by atoms with Crippen LogP contribution in [0.2, 0.25) is 0 Å². The molecule has 0 saturated carbocycles. The maximum absolute atomic E-state index is 12.0. The molecule has 0 spiro atoms. The average Bonchev–Trinajstić information content (AvgIpc) is 2.81. The van der Waals surface area contributed by atoms with Gasteiger partial charge < -0.3 is 16.0 Å². The molecule has 0 unspecified atom stereocenters. The minimum absolute atomic E-state index is 0.212. The normalized spacial score (nSPS) is 11.6. The second-order valence-corrected chi connectivity index (χ2v) is 8.51. The Morgan fingerprint density at radius 3 is 2.24 bits per heavy atom. The highest BCUT2D eigenvalue weighted by Gasteiger charge is 2.25. The highest BCUT2D eigenvalue weighted by Crippen LogP contribution is 2.23. The molecule has 0 aliphatic rings. The summed E-state index contributed by atoms with van der Waals surface area (Å²) in [6, 6.07) is 15.2. The van der Waals surface area contributed by atoms with Gasteiger partial charge in [-0.2, -0.15) is 4.98 Å². The van der Waals surface area contributed by atoms with Gasteiger partial charge in [0.25, 0.3) is 10.9 Å². The molecule has 8 heteroatoms. The molecule has 2 aromatic heterocycles. The zero-order chi connectivity index (χ0) is 23.4. The van der Waals surface area contributed by atoms with Crippen LogP contribution in [0.25, 0.3) is 12.2 Å². The van der Waals surface area contributed by atoms with Gasteiger partial charge in [-0.1, -0.05) is 24.3 Å². The maximum Gasteiger partial charge on any atom is 0.253 e. The molecule has 0 atom stereocenters. The lowest BCUT2D eigenvalue weighted by atomic mass is 10.1. The summed E-state index contributed by atoms with van der Waals surface area (Å²) in [5.41, 5.74) is 1.77. The molecule has 0 saturated heterocycles. The van der Waals surface area contributed by atoms with Crippen molar-refractivity contribution in [2.45, 2.75) is 26.3 Å². The second kappa shape index (κ2) is 9.04. The average molecular weight is 441 g/mol. The van der Waals surface area contributed by atoms with Gasteiger partial charge in [-0.05, 0) is 62.7 Å². The Balaban J connectivity index is 1.44. The van der Waals surface area contributed by atoms with Crippen LogP contribution in [0.3, 0.4) is 0 Å². The fourth-order valence-electron chi connectivity index (χ4n) is 3.08. The number of benzene rings is 1. The van der Waals surface area contributed by atoms with Crippen molar-refractivity contribution < 1.29 is 0 Å². The molecular formula is C25H24N6O2. The Bertz CT molecular complexity index is 1350. The van der Waals surface area contributed by atoms with E-state index in [0.717, 1.165) is 16.9 Å². The zero-order valence-corrected chi connectivity index (χ0v) is 18.6. The molecule has 8 nitrogen and oxygen atoms in total. The van der Waals surface area contributed by atoms with Crippen molar-refractivity contribution in [2.75, 3.05) is 16.0 Å². The fourth-order valence-corrected chi connectivity index (χ4v) is 3.08. The van der Waals surface area contributed by atoms with Crippen molar-refractivity contribution in [1.82, 2.24) is 15.0 Å². The first-order valence-electron chi connectivity index (χ1n) is 10.5. The number of anilines is 5. The lowest BCUT2D eigenvalue weighted by Gasteiger charge is -2.24. The van der Waals surface area contributed by atoms with Gasteiger partial charge in [0.2, 0.25) is 5.95 Å². The summed E-state index contributed by atoms with van der Waals surface area (Å²) >= 11 is 0. The van der Waals surface area contributed by atoms with Crippen molar-refractivity contribution in [2.24, 2.45) is 0 Å². The van der Waals surface area contributed by atoms with E-state index in [9.17, 15) is 9.59 Å². The monoisotopic (exact) mass is 440 g/mol. The Kier molecular flexibility index (Phi) is 5.99. The van der Waals surface area contributed by atoms with Gasteiger partial charge in [-0.25, -0.2) is 4.98 Å². The van der Waals surface area contributed by atoms with Crippen LogP contribution in [-0.4, -0.2) is 20.5 Å². The number of hydrogen-bond donors (Lipinski definition) is 3. The van der Waals surface area contributed by atoms with Crippen LogP contribution in [0, 0.1) is 0 Å². The van der Waals surface area contributed by atoms with Crippen molar-refractivity contribution in [3.05, 3.63) is 92.6 Å². The maximum atomic E-state index is 12.0. The lowest BCUT2D eigenvalue weighted by molar-refractivity contribution is 0.632. The van der Waals surface area contributed by atoms with Crippen LogP contribution in [0.4, 0.5) is 28.8 Å². The molecule has 0 bridgehead atoms. The molecule has 3 N–H and O–H groups in total. The van der Waals surface area contributed by atoms with E-state index in [1.807, 2.05) is 75.4 Å². The van der Waals surface area contributed by atoms with Crippen molar-refractivity contribution in [3.63, 3.8) is 0 Å². The Morgan fingerprint density at radius 1 is 0.788 bits per heavy atom. The van der Waals surface area contributed by atoms with Crippen LogP contribution < -0.4 is 26.8 Å². The predicted octanol–water partition coefficient (Wildman–Crippen LogP) is 4.34. The molecule has 0 fully saturated rings. The van der Waals surface area contributed by atoms with Gasteiger partial charge in [0.15, 0.2) is 0 Å². The third-order valence-electron chi connectivity index (χ3n) is 4.62. The van der Waals surface area contributed by atoms with Gasteiger partial charge in [0.05, 0.1) is 5.69 Å². The standard InChI is InChI=1S/C25H24N6O2/c1-25(2,3)31-21-20(22(32)23(21)33)29-19-13-15-27-24(30-19)28-18-11-8-16(9-12-18)7-10-17-6-4-5-14-26-17/h4-15,31H,1-3H3,(H2,27,28,29,30). The Labute approximate surface area is 191 Å². The molecule has 33 heavy (non-hydrogen) atoms. The second-order valence-electron chi connectivity index (χ2n) is 8.51. The summed E-state index contributed by atoms with van der Waals surface area (Å²) in [5, 5.41) is 9.15. The fraction of sp³-hybridized carbons (Fsp3) is 0.160. The molecule has 4 rings (SSSR count). The molecule has 0 amide bonds. The first-order valence-corrected chi connectivity index (χ1v) is 10.5. The minimum Gasteiger partial charge on any atom is -0.375 e. The zero-order valence-electron chi connectivity index (χ0n) is 18.6. The highest BCUT2D eigenvalue weighted by molar-refractivity contribution is 5.78. The third-order valence-corrected chi connectivity index (χ3v) is 4.62.